The molecule has 0 saturated carbocycles. The summed E-state index contributed by atoms with van der Waals surface area (Å²) in [6.07, 6.45) is 6.58. The van der Waals surface area contributed by atoms with Gasteiger partial charge in [0.1, 0.15) is 0 Å². The van der Waals surface area contributed by atoms with Gasteiger partial charge in [-0.25, -0.2) is 0 Å². The SMILES string of the molecule is C=C.C=C(CC(CC)C(=N)C(C)C)C(=C)c1ccc(CCCC)cc1.CC.CCc1cc(C)ccc1C. The maximum absolute atomic E-state index is 8.26. The molecule has 2 aromatic carbocycles. The molecule has 0 amide bonds. The van der Waals surface area contributed by atoms with Crippen LogP contribution < -0.4 is 0 Å². The molecular weight excluding hydrogens is 446 g/mol. The summed E-state index contributed by atoms with van der Waals surface area (Å²) in [7, 11) is 0. The Kier molecular flexibility index (Phi) is 21.1. The Hall–Kier alpha value is -2.67. The first kappa shape index (κ1) is 36.5. The predicted octanol–water partition coefficient (Wildman–Crippen LogP) is 11.4. The van der Waals surface area contributed by atoms with Crippen LogP contribution in [0.25, 0.3) is 5.57 Å². The van der Waals surface area contributed by atoms with Gasteiger partial charge in [0.2, 0.25) is 0 Å². The number of aryl methyl sites for hydroxylation is 4. The van der Waals surface area contributed by atoms with Crippen molar-refractivity contribution in [2.75, 3.05) is 0 Å². The van der Waals surface area contributed by atoms with Crippen LogP contribution in [0.4, 0.5) is 0 Å². The van der Waals surface area contributed by atoms with Crippen molar-refractivity contribution in [1.29, 1.82) is 5.41 Å². The Bertz CT molecular complexity index is 914. The summed E-state index contributed by atoms with van der Waals surface area (Å²) in [4.78, 5) is 0. The van der Waals surface area contributed by atoms with E-state index in [1.165, 1.54) is 35.1 Å². The first-order chi connectivity index (χ1) is 17.6. The highest BCUT2D eigenvalue weighted by Gasteiger charge is 2.18. The van der Waals surface area contributed by atoms with Crippen LogP contribution in [-0.2, 0) is 12.8 Å². The number of benzene rings is 2. The molecule has 2 aromatic rings. The Balaban J connectivity index is 0. The van der Waals surface area contributed by atoms with Gasteiger partial charge in [-0.2, -0.15) is 0 Å². The highest BCUT2D eigenvalue weighted by atomic mass is 14.5. The van der Waals surface area contributed by atoms with E-state index in [0.717, 1.165) is 48.1 Å². The Morgan fingerprint density at radius 3 is 1.89 bits per heavy atom. The number of unbranched alkanes of at least 4 members (excludes halogenated alkanes) is 1. The van der Waals surface area contributed by atoms with Gasteiger partial charge in [-0.15, -0.1) is 13.2 Å². The van der Waals surface area contributed by atoms with Gasteiger partial charge >= 0.3 is 0 Å². The second-order valence-corrected chi connectivity index (χ2v) is 9.59. The van der Waals surface area contributed by atoms with E-state index >= 15 is 0 Å². The molecule has 1 N–H and O–H groups in total. The van der Waals surface area contributed by atoms with Crippen LogP contribution in [0.2, 0.25) is 0 Å². The normalized spacial score (nSPS) is 10.5. The summed E-state index contributed by atoms with van der Waals surface area (Å²) in [5.41, 5.74) is 9.70. The number of nitrogens with one attached hydrogen (secondary N) is 1. The molecule has 2 rings (SSSR count). The second-order valence-electron chi connectivity index (χ2n) is 9.59. The second kappa shape index (κ2) is 21.4. The van der Waals surface area contributed by atoms with Crippen LogP contribution in [0.15, 0.2) is 74.4 Å². The molecule has 0 saturated heterocycles. The molecule has 0 fully saturated rings. The molecule has 1 nitrogen and oxygen atoms in total. The topological polar surface area (TPSA) is 23.9 Å². The van der Waals surface area contributed by atoms with E-state index in [0.29, 0.717) is 5.92 Å². The van der Waals surface area contributed by atoms with Gasteiger partial charge in [-0.1, -0.05) is 116 Å². The van der Waals surface area contributed by atoms with E-state index in [-0.39, 0.29) is 5.92 Å². The fourth-order valence-corrected chi connectivity index (χ4v) is 4.01. The van der Waals surface area contributed by atoms with Gasteiger partial charge in [-0.3, -0.25) is 0 Å². The van der Waals surface area contributed by atoms with Crippen LogP contribution in [0.1, 0.15) is 102 Å². The van der Waals surface area contributed by atoms with Crippen LogP contribution in [-0.4, -0.2) is 5.71 Å². The van der Waals surface area contributed by atoms with Crippen LogP contribution >= 0.6 is 0 Å². The summed E-state index contributed by atoms with van der Waals surface area (Å²) >= 11 is 0. The lowest BCUT2D eigenvalue weighted by atomic mass is 9.84. The fraction of sp³-hybridized carbons (Fsp3) is 0.472. The van der Waals surface area contributed by atoms with E-state index in [1.54, 1.807) is 0 Å². The molecule has 0 aliphatic heterocycles. The third-order valence-corrected chi connectivity index (χ3v) is 6.48. The van der Waals surface area contributed by atoms with E-state index < -0.39 is 0 Å². The zero-order chi connectivity index (χ0) is 29.0. The molecule has 206 valence electrons. The van der Waals surface area contributed by atoms with Gasteiger partial charge in [0.15, 0.2) is 0 Å². The molecule has 1 heteroatoms. The van der Waals surface area contributed by atoms with E-state index in [4.69, 9.17) is 5.41 Å². The van der Waals surface area contributed by atoms with Crippen molar-refractivity contribution in [3.05, 3.63) is 102 Å². The van der Waals surface area contributed by atoms with Crippen molar-refractivity contribution < 1.29 is 0 Å². The minimum atomic E-state index is 0.281. The largest absolute Gasteiger partial charge is 0.309 e. The molecule has 0 radical (unpaired) electrons. The van der Waals surface area contributed by atoms with Gasteiger partial charge in [0, 0.05) is 11.6 Å². The lowest BCUT2D eigenvalue weighted by Gasteiger charge is -2.21. The van der Waals surface area contributed by atoms with Crippen molar-refractivity contribution in [3.63, 3.8) is 0 Å². The smallest absolute Gasteiger partial charge is 0.0149 e. The summed E-state index contributed by atoms with van der Waals surface area (Å²) in [5, 5.41) is 8.26. The van der Waals surface area contributed by atoms with Crippen molar-refractivity contribution in [3.8, 4) is 0 Å². The quantitative estimate of drug-likeness (QED) is 0.179. The summed E-state index contributed by atoms with van der Waals surface area (Å²) in [5.74, 6) is 0.585. The van der Waals surface area contributed by atoms with Crippen LogP contribution in [0.3, 0.4) is 0 Å². The van der Waals surface area contributed by atoms with Gasteiger partial charge in [-0.05, 0) is 85.3 Å². The van der Waals surface area contributed by atoms with Crippen molar-refractivity contribution >= 4 is 11.3 Å². The summed E-state index contributed by atoms with van der Waals surface area (Å²) in [6, 6.07) is 15.3. The fourth-order valence-electron chi connectivity index (χ4n) is 4.01. The lowest BCUT2D eigenvalue weighted by Crippen LogP contribution is -2.19. The molecular formula is C36H57N. The van der Waals surface area contributed by atoms with Gasteiger partial charge in [0.25, 0.3) is 0 Å². The van der Waals surface area contributed by atoms with E-state index in [9.17, 15) is 0 Å². The lowest BCUT2D eigenvalue weighted by molar-refractivity contribution is 0.624. The standard InChI is InChI=1S/C22H33N.C10H14.C2H6.C2H4/c1-7-9-10-19-11-13-21(14-12-19)18(6)17(5)15-20(8-2)22(23)16(3)4;1-4-10-7-8(2)5-6-9(10)3;2*1-2/h11-14,16,20,23H,5-10,15H2,1-4H3;5-7H,4H2,1-3H3;1-2H3;1-2H2. The molecule has 0 spiro atoms. The molecule has 1 unspecified atom stereocenters. The zero-order valence-electron chi connectivity index (χ0n) is 25.8. The average molecular weight is 504 g/mol. The molecule has 0 aromatic heterocycles. The Morgan fingerprint density at radius 1 is 0.892 bits per heavy atom. The number of hydrogen-bond donors (Lipinski definition) is 1. The third-order valence-electron chi connectivity index (χ3n) is 6.48. The Labute approximate surface area is 231 Å². The molecule has 1 atom stereocenters. The minimum Gasteiger partial charge on any atom is -0.309 e. The maximum atomic E-state index is 8.26. The van der Waals surface area contributed by atoms with Gasteiger partial charge < -0.3 is 5.41 Å². The Morgan fingerprint density at radius 2 is 1.46 bits per heavy atom. The molecule has 0 bridgehead atoms. The van der Waals surface area contributed by atoms with Crippen LogP contribution in [0.5, 0.6) is 0 Å². The van der Waals surface area contributed by atoms with Crippen molar-refractivity contribution in [2.45, 2.75) is 101 Å². The predicted molar refractivity (Wildman–Crippen MR) is 172 cm³/mol. The highest BCUT2D eigenvalue weighted by molar-refractivity contribution is 5.87. The van der Waals surface area contributed by atoms with Crippen molar-refractivity contribution in [1.82, 2.24) is 0 Å². The van der Waals surface area contributed by atoms with Crippen molar-refractivity contribution in [2.24, 2.45) is 11.8 Å². The number of allylic oxidation sites excluding steroid dienone is 2. The highest BCUT2D eigenvalue weighted by Crippen LogP contribution is 2.28. The first-order valence-electron chi connectivity index (χ1n) is 14.2. The number of rotatable bonds is 11. The molecule has 37 heavy (non-hydrogen) atoms. The molecule has 0 aliphatic rings. The number of hydrogen-bond acceptors (Lipinski definition) is 1. The average Bonchev–Trinajstić information content (AvgIpc) is 2.93. The summed E-state index contributed by atoms with van der Waals surface area (Å²) in [6.45, 7) is 33.5. The van der Waals surface area contributed by atoms with Gasteiger partial charge in [0.05, 0.1) is 0 Å². The summed E-state index contributed by atoms with van der Waals surface area (Å²) < 4.78 is 0. The van der Waals surface area contributed by atoms with E-state index in [1.807, 2.05) is 13.8 Å². The molecule has 0 aliphatic carbocycles. The maximum Gasteiger partial charge on any atom is 0.0149 e. The zero-order valence-corrected chi connectivity index (χ0v) is 25.8. The molecule has 0 heterocycles. The van der Waals surface area contributed by atoms with Crippen LogP contribution in [0, 0.1) is 31.1 Å². The van der Waals surface area contributed by atoms with E-state index in [2.05, 4.69) is 117 Å². The minimum absolute atomic E-state index is 0.281. The monoisotopic (exact) mass is 503 g/mol. The third kappa shape index (κ3) is 14.0. The first-order valence-corrected chi connectivity index (χ1v) is 14.2.